The summed E-state index contributed by atoms with van der Waals surface area (Å²) in [5.74, 6) is 2.33. The molecule has 1 aliphatic heterocycles. The molecule has 2 N–H and O–H groups in total. The molecule has 0 saturated heterocycles. The van der Waals surface area contributed by atoms with Gasteiger partial charge in [0.25, 0.3) is 0 Å². The fourth-order valence-corrected chi connectivity index (χ4v) is 4.26. The molecule has 0 amide bonds. The maximum atomic E-state index is 6.46. The Morgan fingerprint density at radius 2 is 2.05 bits per heavy atom. The van der Waals surface area contributed by atoms with Gasteiger partial charge in [-0.15, -0.1) is 0 Å². The number of methoxy groups -OCH3 is 1. The second kappa shape index (κ2) is 4.39. The first kappa shape index (κ1) is 13.7. The largest absolute Gasteiger partial charge is 0.497 e. The van der Waals surface area contributed by atoms with Crippen molar-refractivity contribution in [3.63, 3.8) is 0 Å². The van der Waals surface area contributed by atoms with Crippen LogP contribution in [0.5, 0.6) is 11.5 Å². The van der Waals surface area contributed by atoms with Crippen LogP contribution in [-0.4, -0.2) is 12.7 Å². The number of ether oxygens (including phenoxy) is 2. The van der Waals surface area contributed by atoms with Crippen molar-refractivity contribution in [1.29, 1.82) is 0 Å². The second-order valence-electron chi connectivity index (χ2n) is 7.33. The lowest BCUT2D eigenvalue weighted by Crippen LogP contribution is -2.45. The first-order valence-corrected chi connectivity index (χ1v) is 7.48. The summed E-state index contributed by atoms with van der Waals surface area (Å²) in [6, 6.07) is 6.00. The monoisotopic (exact) mass is 275 g/mol. The highest BCUT2D eigenvalue weighted by Crippen LogP contribution is 2.55. The van der Waals surface area contributed by atoms with Gasteiger partial charge in [-0.1, -0.05) is 20.8 Å². The Balaban J connectivity index is 1.97. The maximum absolute atomic E-state index is 6.46. The van der Waals surface area contributed by atoms with Crippen molar-refractivity contribution in [2.45, 2.75) is 51.7 Å². The fourth-order valence-electron chi connectivity index (χ4n) is 4.26. The standard InChI is InChI=1S/C17H25NO2/c1-11-8-16(2,3)10-17(11)9-14(18)13-7-12(19-4)5-6-15(13)20-17/h5-7,11,14H,8-10,18H2,1-4H3. The fraction of sp³-hybridized carbons (Fsp3) is 0.647. The van der Waals surface area contributed by atoms with E-state index in [2.05, 4.69) is 20.8 Å². The molecule has 20 heavy (non-hydrogen) atoms. The summed E-state index contributed by atoms with van der Waals surface area (Å²) in [5.41, 5.74) is 7.76. The van der Waals surface area contributed by atoms with E-state index in [1.807, 2.05) is 18.2 Å². The van der Waals surface area contributed by atoms with Crippen molar-refractivity contribution in [2.24, 2.45) is 17.1 Å². The van der Waals surface area contributed by atoms with Crippen molar-refractivity contribution >= 4 is 0 Å². The third-order valence-corrected chi connectivity index (χ3v) is 5.03. The Morgan fingerprint density at radius 1 is 1.30 bits per heavy atom. The van der Waals surface area contributed by atoms with E-state index in [-0.39, 0.29) is 11.6 Å². The lowest BCUT2D eigenvalue weighted by Gasteiger charge is -2.42. The average molecular weight is 275 g/mol. The Hall–Kier alpha value is -1.22. The van der Waals surface area contributed by atoms with Gasteiger partial charge in [0.1, 0.15) is 17.1 Å². The normalized spacial score (nSPS) is 34.6. The van der Waals surface area contributed by atoms with E-state index < -0.39 is 0 Å². The first-order chi connectivity index (χ1) is 9.35. The van der Waals surface area contributed by atoms with E-state index in [0.717, 1.165) is 29.9 Å². The minimum atomic E-state index is -0.0928. The summed E-state index contributed by atoms with van der Waals surface area (Å²) >= 11 is 0. The van der Waals surface area contributed by atoms with Crippen LogP contribution in [0.2, 0.25) is 0 Å². The van der Waals surface area contributed by atoms with E-state index >= 15 is 0 Å². The van der Waals surface area contributed by atoms with Crippen LogP contribution in [-0.2, 0) is 0 Å². The van der Waals surface area contributed by atoms with Gasteiger partial charge in [-0.25, -0.2) is 0 Å². The van der Waals surface area contributed by atoms with Crippen LogP contribution in [0.4, 0.5) is 0 Å². The molecule has 1 spiro atoms. The van der Waals surface area contributed by atoms with Crippen LogP contribution in [0.1, 0.15) is 51.6 Å². The van der Waals surface area contributed by atoms with Crippen molar-refractivity contribution in [3.05, 3.63) is 23.8 Å². The van der Waals surface area contributed by atoms with Crippen LogP contribution in [0.15, 0.2) is 18.2 Å². The van der Waals surface area contributed by atoms with Gasteiger partial charge in [0.05, 0.1) is 7.11 Å². The van der Waals surface area contributed by atoms with Gasteiger partial charge in [0.15, 0.2) is 0 Å². The molecule has 3 unspecified atom stereocenters. The van der Waals surface area contributed by atoms with E-state index in [9.17, 15) is 0 Å². The van der Waals surface area contributed by atoms with Crippen molar-refractivity contribution < 1.29 is 9.47 Å². The lowest BCUT2D eigenvalue weighted by atomic mass is 9.80. The summed E-state index contributed by atoms with van der Waals surface area (Å²) in [6.45, 7) is 6.96. The quantitative estimate of drug-likeness (QED) is 0.850. The smallest absolute Gasteiger partial charge is 0.125 e. The number of nitrogens with two attached hydrogens (primary N) is 1. The molecule has 2 aliphatic rings. The van der Waals surface area contributed by atoms with Crippen LogP contribution in [0.25, 0.3) is 0 Å². The molecule has 0 aromatic heterocycles. The maximum Gasteiger partial charge on any atom is 0.125 e. The molecule has 3 atom stereocenters. The summed E-state index contributed by atoms with van der Waals surface area (Å²) in [5, 5.41) is 0. The van der Waals surface area contributed by atoms with Crippen LogP contribution in [0.3, 0.4) is 0 Å². The first-order valence-electron chi connectivity index (χ1n) is 7.48. The van der Waals surface area contributed by atoms with Gasteiger partial charge >= 0.3 is 0 Å². The number of hydrogen-bond acceptors (Lipinski definition) is 3. The van der Waals surface area contributed by atoms with E-state index in [1.165, 1.54) is 6.42 Å². The third kappa shape index (κ3) is 2.08. The van der Waals surface area contributed by atoms with Crippen molar-refractivity contribution in [3.8, 4) is 11.5 Å². The minimum Gasteiger partial charge on any atom is -0.497 e. The molecule has 0 bridgehead atoms. The number of hydrogen-bond donors (Lipinski definition) is 1. The molecule has 3 rings (SSSR count). The van der Waals surface area contributed by atoms with Crippen LogP contribution < -0.4 is 15.2 Å². The topological polar surface area (TPSA) is 44.5 Å². The van der Waals surface area contributed by atoms with Crippen molar-refractivity contribution in [2.75, 3.05) is 7.11 Å². The molecule has 1 aromatic rings. The van der Waals surface area contributed by atoms with Gasteiger partial charge in [-0.05, 0) is 42.4 Å². The van der Waals surface area contributed by atoms with Crippen molar-refractivity contribution in [1.82, 2.24) is 0 Å². The minimum absolute atomic E-state index is 0.0326. The number of benzene rings is 1. The summed E-state index contributed by atoms with van der Waals surface area (Å²) in [4.78, 5) is 0. The highest BCUT2D eigenvalue weighted by Gasteiger charge is 2.53. The molecule has 1 heterocycles. The lowest BCUT2D eigenvalue weighted by molar-refractivity contribution is 0.00173. The zero-order valence-electron chi connectivity index (χ0n) is 12.9. The SMILES string of the molecule is COc1ccc2c(c1)C(N)CC1(CC(C)(C)CC1C)O2. The van der Waals surface area contributed by atoms with Crippen LogP contribution >= 0.6 is 0 Å². The number of fused-ring (bicyclic) bond motifs is 1. The zero-order chi connectivity index (χ0) is 14.5. The predicted molar refractivity (Wildman–Crippen MR) is 80.1 cm³/mol. The average Bonchev–Trinajstić information content (AvgIpc) is 2.58. The highest BCUT2D eigenvalue weighted by atomic mass is 16.5. The molecule has 0 radical (unpaired) electrons. The zero-order valence-corrected chi connectivity index (χ0v) is 12.9. The molecule has 3 nitrogen and oxygen atoms in total. The number of rotatable bonds is 1. The van der Waals surface area contributed by atoms with Gasteiger partial charge < -0.3 is 15.2 Å². The van der Waals surface area contributed by atoms with E-state index in [1.54, 1.807) is 7.11 Å². The van der Waals surface area contributed by atoms with Crippen LogP contribution in [0, 0.1) is 11.3 Å². The van der Waals surface area contributed by atoms with E-state index in [4.69, 9.17) is 15.2 Å². The summed E-state index contributed by atoms with van der Waals surface area (Å²) in [6.07, 6.45) is 3.18. The molecule has 1 fully saturated rings. The molecular formula is C17H25NO2. The predicted octanol–water partition coefficient (Wildman–Crippen LogP) is 3.67. The Bertz CT molecular complexity index is 526. The molecule has 110 valence electrons. The Kier molecular flexibility index (Phi) is 3.02. The van der Waals surface area contributed by atoms with Gasteiger partial charge in [0.2, 0.25) is 0 Å². The van der Waals surface area contributed by atoms with Gasteiger partial charge in [-0.2, -0.15) is 0 Å². The third-order valence-electron chi connectivity index (χ3n) is 5.03. The van der Waals surface area contributed by atoms with Gasteiger partial charge in [0, 0.05) is 18.0 Å². The summed E-state index contributed by atoms with van der Waals surface area (Å²) in [7, 11) is 1.68. The molecule has 1 aliphatic carbocycles. The Labute approximate surface area is 121 Å². The molecule has 1 saturated carbocycles. The molecule has 3 heteroatoms. The Morgan fingerprint density at radius 3 is 2.65 bits per heavy atom. The van der Waals surface area contributed by atoms with Gasteiger partial charge in [-0.3, -0.25) is 0 Å². The second-order valence-corrected chi connectivity index (χ2v) is 7.33. The summed E-state index contributed by atoms with van der Waals surface area (Å²) < 4.78 is 11.8. The van der Waals surface area contributed by atoms with E-state index in [0.29, 0.717) is 11.3 Å². The highest BCUT2D eigenvalue weighted by molar-refractivity contribution is 5.44. The molecule has 1 aromatic carbocycles. The molecular weight excluding hydrogens is 250 g/mol.